The van der Waals surface area contributed by atoms with E-state index in [1.165, 1.54) is 0 Å². The van der Waals surface area contributed by atoms with Crippen molar-refractivity contribution in [2.75, 3.05) is 26.8 Å². The number of carbonyl (C=O) groups excluding carboxylic acids is 1. The number of hydrogen-bond acceptors (Lipinski definition) is 4. The maximum atomic E-state index is 12.2. The van der Waals surface area contributed by atoms with Gasteiger partial charge < -0.3 is 14.4 Å². The summed E-state index contributed by atoms with van der Waals surface area (Å²) in [5, 5.41) is 4.60. The standard InChI is InChI=1S/C16H27N3O3/c1-16(2,3)22-15(20)18-8-5-6-13(12-18)14-7-9-19(17-14)10-11-21-4/h7,9,13H,5-6,8,10-12H2,1-4H3. The summed E-state index contributed by atoms with van der Waals surface area (Å²) in [6.45, 7) is 8.51. The molecular weight excluding hydrogens is 282 g/mol. The lowest BCUT2D eigenvalue weighted by Crippen LogP contribution is -2.42. The highest BCUT2D eigenvalue weighted by Crippen LogP contribution is 2.26. The highest BCUT2D eigenvalue weighted by Gasteiger charge is 2.29. The molecule has 0 bridgehead atoms. The van der Waals surface area contributed by atoms with E-state index in [0.29, 0.717) is 13.2 Å². The van der Waals surface area contributed by atoms with Gasteiger partial charge in [0.25, 0.3) is 0 Å². The molecule has 6 nitrogen and oxygen atoms in total. The molecule has 1 atom stereocenters. The van der Waals surface area contributed by atoms with E-state index in [-0.39, 0.29) is 12.0 Å². The molecule has 1 saturated heterocycles. The van der Waals surface area contributed by atoms with E-state index in [2.05, 4.69) is 5.10 Å². The second-order valence-corrected chi connectivity index (χ2v) is 6.76. The molecule has 1 aromatic heterocycles. The fraction of sp³-hybridized carbons (Fsp3) is 0.750. The number of hydrogen-bond donors (Lipinski definition) is 0. The molecule has 1 aromatic rings. The van der Waals surface area contributed by atoms with Crippen molar-refractivity contribution in [1.29, 1.82) is 0 Å². The van der Waals surface area contributed by atoms with Crippen molar-refractivity contribution in [3.05, 3.63) is 18.0 Å². The van der Waals surface area contributed by atoms with Gasteiger partial charge in [-0.15, -0.1) is 0 Å². The molecule has 0 aliphatic carbocycles. The molecule has 0 spiro atoms. The van der Waals surface area contributed by atoms with E-state index >= 15 is 0 Å². The number of ether oxygens (including phenoxy) is 2. The maximum Gasteiger partial charge on any atom is 0.410 e. The van der Waals surface area contributed by atoms with Gasteiger partial charge in [-0.25, -0.2) is 4.79 Å². The van der Waals surface area contributed by atoms with Crippen LogP contribution in [0.4, 0.5) is 4.79 Å². The Balaban J connectivity index is 1.95. The molecular formula is C16H27N3O3. The van der Waals surface area contributed by atoms with Gasteiger partial charge in [0.1, 0.15) is 5.60 Å². The van der Waals surface area contributed by atoms with Crippen molar-refractivity contribution in [1.82, 2.24) is 14.7 Å². The Labute approximate surface area is 132 Å². The van der Waals surface area contributed by atoms with Crippen LogP contribution in [-0.4, -0.2) is 53.2 Å². The van der Waals surface area contributed by atoms with Crippen molar-refractivity contribution in [2.45, 2.75) is 51.7 Å². The van der Waals surface area contributed by atoms with E-state index in [4.69, 9.17) is 9.47 Å². The quantitative estimate of drug-likeness (QED) is 0.858. The fourth-order valence-electron chi connectivity index (χ4n) is 2.62. The lowest BCUT2D eigenvalue weighted by molar-refractivity contribution is 0.0197. The van der Waals surface area contributed by atoms with Crippen molar-refractivity contribution < 1.29 is 14.3 Å². The van der Waals surface area contributed by atoms with Crippen LogP contribution < -0.4 is 0 Å². The number of aromatic nitrogens is 2. The topological polar surface area (TPSA) is 56.6 Å². The highest BCUT2D eigenvalue weighted by atomic mass is 16.6. The van der Waals surface area contributed by atoms with Crippen molar-refractivity contribution in [3.63, 3.8) is 0 Å². The summed E-state index contributed by atoms with van der Waals surface area (Å²) >= 11 is 0. The molecule has 0 N–H and O–H groups in total. The summed E-state index contributed by atoms with van der Waals surface area (Å²) < 4.78 is 12.4. The van der Waals surface area contributed by atoms with Crippen molar-refractivity contribution in [2.24, 2.45) is 0 Å². The molecule has 1 aliphatic rings. The molecule has 1 amide bonds. The zero-order chi connectivity index (χ0) is 16.2. The normalized spacial score (nSPS) is 19.3. The van der Waals surface area contributed by atoms with Crippen LogP contribution in [0.5, 0.6) is 0 Å². The van der Waals surface area contributed by atoms with Gasteiger partial charge in [-0.2, -0.15) is 5.10 Å². The van der Waals surface area contributed by atoms with Crippen LogP contribution in [0.15, 0.2) is 12.3 Å². The van der Waals surface area contributed by atoms with Crippen LogP contribution >= 0.6 is 0 Å². The number of piperidine rings is 1. The molecule has 22 heavy (non-hydrogen) atoms. The third-order valence-electron chi connectivity index (χ3n) is 3.68. The third-order valence-corrected chi connectivity index (χ3v) is 3.68. The van der Waals surface area contributed by atoms with Gasteiger partial charge in [0, 0.05) is 32.3 Å². The minimum atomic E-state index is -0.453. The van der Waals surface area contributed by atoms with Crippen LogP contribution in [0.3, 0.4) is 0 Å². The van der Waals surface area contributed by atoms with E-state index in [0.717, 1.165) is 31.6 Å². The number of carbonyl (C=O) groups is 1. The van der Waals surface area contributed by atoms with Gasteiger partial charge in [0.15, 0.2) is 0 Å². The number of nitrogens with zero attached hydrogens (tertiary/aromatic N) is 3. The predicted octanol–water partition coefficient (Wildman–Crippen LogP) is 2.64. The first-order valence-corrected chi connectivity index (χ1v) is 7.89. The zero-order valence-electron chi connectivity index (χ0n) is 14.0. The second kappa shape index (κ2) is 7.13. The second-order valence-electron chi connectivity index (χ2n) is 6.76. The van der Waals surface area contributed by atoms with Gasteiger partial charge in [-0.3, -0.25) is 4.68 Å². The Kier molecular flexibility index (Phi) is 5.45. The van der Waals surface area contributed by atoms with Crippen LogP contribution in [0.25, 0.3) is 0 Å². The molecule has 1 fully saturated rings. The number of methoxy groups -OCH3 is 1. The van der Waals surface area contributed by atoms with E-state index in [9.17, 15) is 4.79 Å². The first-order chi connectivity index (χ1) is 10.4. The van der Waals surface area contributed by atoms with Gasteiger partial charge in [-0.1, -0.05) is 0 Å². The van der Waals surface area contributed by atoms with Gasteiger partial charge in [-0.05, 0) is 39.7 Å². The Morgan fingerprint density at radius 1 is 1.45 bits per heavy atom. The van der Waals surface area contributed by atoms with Gasteiger partial charge in [0.05, 0.1) is 18.8 Å². The lowest BCUT2D eigenvalue weighted by Gasteiger charge is -2.33. The molecule has 6 heteroatoms. The van der Waals surface area contributed by atoms with Crippen LogP contribution in [0, 0.1) is 0 Å². The minimum absolute atomic E-state index is 0.226. The molecule has 1 aliphatic heterocycles. The summed E-state index contributed by atoms with van der Waals surface area (Å²) in [7, 11) is 1.68. The number of rotatable bonds is 4. The molecule has 1 unspecified atom stereocenters. The molecule has 2 rings (SSSR count). The van der Waals surface area contributed by atoms with Crippen LogP contribution in [0.1, 0.15) is 45.2 Å². The summed E-state index contributed by atoms with van der Waals surface area (Å²) in [6.07, 6.45) is 3.78. The SMILES string of the molecule is COCCn1ccc(C2CCCN(C(=O)OC(C)(C)C)C2)n1. The average Bonchev–Trinajstić information content (AvgIpc) is 2.92. The van der Waals surface area contributed by atoms with Crippen LogP contribution in [0.2, 0.25) is 0 Å². The maximum absolute atomic E-state index is 12.2. The Hall–Kier alpha value is -1.56. The Morgan fingerprint density at radius 2 is 2.23 bits per heavy atom. The highest BCUT2D eigenvalue weighted by molar-refractivity contribution is 5.68. The largest absolute Gasteiger partial charge is 0.444 e. The van der Waals surface area contributed by atoms with E-state index in [1.807, 2.05) is 37.7 Å². The van der Waals surface area contributed by atoms with E-state index in [1.54, 1.807) is 12.0 Å². The monoisotopic (exact) mass is 309 g/mol. The van der Waals surface area contributed by atoms with E-state index < -0.39 is 5.60 Å². The van der Waals surface area contributed by atoms with Crippen molar-refractivity contribution in [3.8, 4) is 0 Å². The summed E-state index contributed by atoms with van der Waals surface area (Å²) in [6, 6.07) is 2.04. The van der Waals surface area contributed by atoms with Gasteiger partial charge in [0.2, 0.25) is 0 Å². The number of likely N-dealkylation sites (tertiary alicyclic amines) is 1. The molecule has 2 heterocycles. The molecule has 0 aromatic carbocycles. The first-order valence-electron chi connectivity index (χ1n) is 7.89. The average molecular weight is 309 g/mol. The molecule has 124 valence electrons. The molecule has 0 radical (unpaired) electrons. The number of amides is 1. The zero-order valence-corrected chi connectivity index (χ0v) is 14.0. The predicted molar refractivity (Wildman–Crippen MR) is 83.9 cm³/mol. The van der Waals surface area contributed by atoms with Crippen LogP contribution in [-0.2, 0) is 16.0 Å². The lowest BCUT2D eigenvalue weighted by atomic mass is 9.95. The minimum Gasteiger partial charge on any atom is -0.444 e. The fourth-order valence-corrected chi connectivity index (χ4v) is 2.62. The third kappa shape index (κ3) is 4.73. The Morgan fingerprint density at radius 3 is 2.91 bits per heavy atom. The summed E-state index contributed by atoms with van der Waals surface area (Å²) in [5.41, 5.74) is 0.593. The van der Waals surface area contributed by atoms with Crippen molar-refractivity contribution >= 4 is 6.09 Å². The summed E-state index contributed by atoms with van der Waals surface area (Å²) in [5.74, 6) is 0.282. The Bertz CT molecular complexity index is 493. The molecule has 0 saturated carbocycles. The van der Waals surface area contributed by atoms with Gasteiger partial charge >= 0.3 is 6.09 Å². The smallest absolute Gasteiger partial charge is 0.410 e. The summed E-state index contributed by atoms with van der Waals surface area (Å²) in [4.78, 5) is 14.0. The first kappa shape index (κ1) is 16.8.